The summed E-state index contributed by atoms with van der Waals surface area (Å²) in [6, 6.07) is 9.56. The highest BCUT2D eigenvalue weighted by atomic mass is 19.3. The van der Waals surface area contributed by atoms with Crippen molar-refractivity contribution in [2.75, 3.05) is 13.1 Å². The zero-order valence-electron chi connectivity index (χ0n) is 13.5. The van der Waals surface area contributed by atoms with Crippen LogP contribution in [-0.2, 0) is 11.4 Å². The molecule has 25 heavy (non-hydrogen) atoms. The summed E-state index contributed by atoms with van der Waals surface area (Å²) in [6.45, 7) is 0.509. The third-order valence-corrected chi connectivity index (χ3v) is 4.17. The number of carbonyl (C=O) groups is 1. The highest BCUT2D eigenvalue weighted by Gasteiger charge is 2.45. The summed E-state index contributed by atoms with van der Waals surface area (Å²) in [4.78, 5) is 20.4. The number of hydrogen-bond acceptors (Lipinski definition) is 5. The van der Waals surface area contributed by atoms with E-state index in [9.17, 15) is 13.6 Å². The van der Waals surface area contributed by atoms with E-state index in [2.05, 4.69) is 9.97 Å². The smallest absolute Gasteiger partial charge is 0.293 e. The molecule has 0 N–H and O–H groups in total. The second kappa shape index (κ2) is 7.69. The summed E-state index contributed by atoms with van der Waals surface area (Å²) >= 11 is 0. The molecule has 1 atom stereocenters. The molecule has 0 aliphatic carbocycles. The van der Waals surface area contributed by atoms with E-state index in [0.29, 0.717) is 12.8 Å². The summed E-state index contributed by atoms with van der Waals surface area (Å²) in [5.74, 6) is -3.70. The van der Waals surface area contributed by atoms with Crippen molar-refractivity contribution in [3.8, 4) is 5.88 Å². The molecule has 129 valence electrons. The molecule has 3 rings (SSSR count). The van der Waals surface area contributed by atoms with Gasteiger partial charge in [0.05, 0.1) is 30.2 Å². The van der Waals surface area contributed by atoms with Gasteiger partial charge in [-0.2, -0.15) is 0 Å². The van der Waals surface area contributed by atoms with Gasteiger partial charge in [-0.05, 0) is 12.1 Å². The van der Waals surface area contributed by atoms with Crippen LogP contribution < -0.4 is 4.74 Å². The summed E-state index contributed by atoms with van der Waals surface area (Å²) < 4.78 is 33.9. The Morgan fingerprint density at radius 2 is 2.08 bits per heavy atom. The average Bonchev–Trinajstić information content (AvgIpc) is 2.63. The van der Waals surface area contributed by atoms with Gasteiger partial charge in [-0.3, -0.25) is 4.98 Å². The highest BCUT2D eigenvalue weighted by Crippen LogP contribution is 2.39. The van der Waals surface area contributed by atoms with Crippen molar-refractivity contribution >= 4 is 13.6 Å². The maximum Gasteiger partial charge on any atom is 0.293 e. The van der Waals surface area contributed by atoms with E-state index in [4.69, 9.17) is 4.74 Å². The molecule has 1 aromatic carbocycles. The molecule has 1 radical (unpaired) electrons. The van der Waals surface area contributed by atoms with E-state index in [1.165, 1.54) is 19.8 Å². The predicted molar refractivity (Wildman–Crippen MR) is 89.2 cm³/mol. The zero-order chi connectivity index (χ0) is 17.7. The Hall–Kier alpha value is -2.35. The average molecular weight is 344 g/mol. The van der Waals surface area contributed by atoms with Crippen LogP contribution in [0.5, 0.6) is 5.88 Å². The molecule has 2 aromatic rings. The molecule has 2 heterocycles. The second-order valence-corrected chi connectivity index (χ2v) is 5.90. The maximum absolute atomic E-state index is 14.2. The largest absolute Gasteiger partial charge is 0.472 e. The van der Waals surface area contributed by atoms with Gasteiger partial charge >= 0.3 is 0 Å². The van der Waals surface area contributed by atoms with E-state index in [1.807, 2.05) is 30.3 Å². The van der Waals surface area contributed by atoms with Gasteiger partial charge in [-0.15, -0.1) is 0 Å². The Labute approximate surface area is 145 Å². The lowest BCUT2D eigenvalue weighted by Gasteiger charge is -2.37. The standard InChI is InChI=1S/C17H17BF2N3O2/c19-17(20)6-7-23(18-12-24)10-14(17)15-8-22-16(9-21-15)25-11-13-4-2-1-3-5-13/h1-5,8-9,12,14H,6-7,10-11H2. The van der Waals surface area contributed by atoms with Gasteiger partial charge in [0.25, 0.3) is 13.3 Å². The molecule has 1 aliphatic heterocycles. The normalized spacial score (nSPS) is 20.0. The van der Waals surface area contributed by atoms with Crippen molar-refractivity contribution in [1.29, 1.82) is 0 Å². The predicted octanol–water partition coefficient (Wildman–Crippen LogP) is 2.29. The number of ether oxygens (including phenoxy) is 1. The third kappa shape index (κ3) is 4.39. The van der Waals surface area contributed by atoms with Gasteiger partial charge in [0.2, 0.25) is 5.88 Å². The van der Waals surface area contributed by atoms with E-state index >= 15 is 0 Å². The molecular formula is C17H17BF2N3O2. The minimum Gasteiger partial charge on any atom is -0.472 e. The monoisotopic (exact) mass is 344 g/mol. The van der Waals surface area contributed by atoms with E-state index in [-0.39, 0.29) is 31.1 Å². The van der Waals surface area contributed by atoms with Gasteiger partial charge < -0.3 is 14.3 Å². The Morgan fingerprint density at radius 3 is 2.76 bits per heavy atom. The number of aromatic nitrogens is 2. The summed E-state index contributed by atoms with van der Waals surface area (Å²) in [5, 5.41) is 0. The molecule has 5 nitrogen and oxygen atoms in total. The lowest BCUT2D eigenvalue weighted by molar-refractivity contribution is -0.0636. The van der Waals surface area contributed by atoms with Crippen LogP contribution in [0, 0.1) is 0 Å². The molecule has 0 amide bonds. The van der Waals surface area contributed by atoms with E-state index < -0.39 is 11.8 Å². The van der Waals surface area contributed by atoms with Gasteiger partial charge in [-0.1, -0.05) is 30.3 Å². The molecule has 1 fully saturated rings. The molecular weight excluding hydrogens is 327 g/mol. The Balaban J connectivity index is 1.66. The van der Waals surface area contributed by atoms with Crippen LogP contribution in [0.4, 0.5) is 8.78 Å². The van der Waals surface area contributed by atoms with Crippen molar-refractivity contribution in [3.63, 3.8) is 0 Å². The van der Waals surface area contributed by atoms with Gasteiger partial charge in [0.1, 0.15) is 6.61 Å². The number of hydrogen-bond donors (Lipinski definition) is 0. The molecule has 1 saturated heterocycles. The first-order valence-electron chi connectivity index (χ1n) is 7.97. The number of rotatable bonds is 6. The Bertz CT molecular complexity index is 701. The maximum atomic E-state index is 14.2. The highest BCUT2D eigenvalue weighted by molar-refractivity contribution is 6.64. The lowest BCUT2D eigenvalue weighted by atomic mass is 9.83. The molecule has 0 spiro atoms. The van der Waals surface area contributed by atoms with Crippen molar-refractivity contribution in [2.45, 2.75) is 24.9 Å². The number of halogens is 2. The van der Waals surface area contributed by atoms with Crippen LogP contribution >= 0.6 is 0 Å². The zero-order valence-corrected chi connectivity index (χ0v) is 13.5. The first-order chi connectivity index (χ1) is 12.1. The number of piperidine rings is 1. The number of nitrogens with zero attached hydrogens (tertiary/aromatic N) is 3. The van der Waals surface area contributed by atoms with Crippen LogP contribution in [0.3, 0.4) is 0 Å². The summed E-state index contributed by atoms with van der Waals surface area (Å²) in [6.07, 6.45) is 2.96. The number of benzene rings is 1. The topological polar surface area (TPSA) is 55.3 Å². The fourth-order valence-corrected chi connectivity index (χ4v) is 2.77. The second-order valence-electron chi connectivity index (χ2n) is 5.90. The van der Waals surface area contributed by atoms with Crippen molar-refractivity contribution < 1.29 is 18.3 Å². The molecule has 0 saturated carbocycles. The van der Waals surface area contributed by atoms with E-state index in [1.54, 1.807) is 4.81 Å². The van der Waals surface area contributed by atoms with Gasteiger partial charge in [-0.25, -0.2) is 13.8 Å². The third-order valence-electron chi connectivity index (χ3n) is 4.17. The molecule has 1 unspecified atom stereocenters. The lowest BCUT2D eigenvalue weighted by Crippen LogP contribution is -2.47. The summed E-state index contributed by atoms with van der Waals surface area (Å²) in [7, 11) is 1.28. The quantitative estimate of drug-likeness (QED) is 0.595. The molecule has 0 bridgehead atoms. The SMILES string of the molecule is O=C[B]N1CCC(F)(F)C(c2cnc(OCc3ccccc3)cn2)C1. The van der Waals surface area contributed by atoms with Gasteiger partial charge in [0, 0.05) is 13.0 Å². The minimum absolute atomic E-state index is 0.0324. The summed E-state index contributed by atoms with van der Waals surface area (Å²) in [5.41, 5.74) is 1.17. The fraction of sp³-hybridized carbons (Fsp3) is 0.353. The fourth-order valence-electron chi connectivity index (χ4n) is 2.77. The number of carbonyl (C=O) groups excluding carboxylic acids is 1. The van der Waals surface area contributed by atoms with Crippen molar-refractivity contribution in [2.24, 2.45) is 0 Å². The van der Waals surface area contributed by atoms with Crippen LogP contribution in [-0.4, -0.2) is 47.4 Å². The Morgan fingerprint density at radius 1 is 1.28 bits per heavy atom. The first-order valence-corrected chi connectivity index (χ1v) is 7.97. The van der Waals surface area contributed by atoms with Crippen LogP contribution in [0.1, 0.15) is 23.6 Å². The van der Waals surface area contributed by atoms with Crippen molar-refractivity contribution in [3.05, 3.63) is 54.0 Å². The van der Waals surface area contributed by atoms with Crippen LogP contribution in [0.25, 0.3) is 0 Å². The first kappa shape index (κ1) is 17.5. The minimum atomic E-state index is -2.88. The number of alkyl halides is 2. The Kier molecular flexibility index (Phi) is 5.38. The van der Waals surface area contributed by atoms with E-state index in [0.717, 1.165) is 5.56 Å². The molecule has 8 heteroatoms. The van der Waals surface area contributed by atoms with Crippen LogP contribution in [0.15, 0.2) is 42.7 Å². The van der Waals surface area contributed by atoms with Gasteiger partial charge in [0.15, 0.2) is 0 Å². The van der Waals surface area contributed by atoms with Crippen molar-refractivity contribution in [1.82, 2.24) is 14.8 Å². The molecule has 1 aromatic heterocycles. The van der Waals surface area contributed by atoms with Crippen LogP contribution in [0.2, 0.25) is 0 Å². The molecule has 1 aliphatic rings.